The van der Waals surface area contributed by atoms with E-state index in [9.17, 15) is 18.8 Å². The zero-order valence-corrected chi connectivity index (χ0v) is 10.7. The zero-order valence-electron chi connectivity index (χ0n) is 9.88. The van der Waals surface area contributed by atoms with Crippen LogP contribution in [0, 0.1) is 11.6 Å². The summed E-state index contributed by atoms with van der Waals surface area (Å²) >= 11 is 1.22. The largest absolute Gasteiger partial charge is 0.488 e. The molecule has 0 radical (unpaired) electrons. The van der Waals surface area contributed by atoms with Gasteiger partial charge in [0.05, 0.1) is 0 Å². The van der Waals surface area contributed by atoms with Crippen LogP contribution in [0.15, 0.2) is 47.4 Å². The smallest absolute Gasteiger partial charge is 0.423 e. The minimum atomic E-state index is -1.74. The van der Waals surface area contributed by atoms with Crippen molar-refractivity contribution in [1.82, 2.24) is 0 Å². The van der Waals surface area contributed by atoms with Crippen LogP contribution in [0.4, 0.5) is 8.78 Å². The number of hydrogen-bond donors (Lipinski definition) is 2. The van der Waals surface area contributed by atoms with Crippen LogP contribution in [0.1, 0.15) is 5.56 Å². The molecule has 0 saturated carbocycles. The fourth-order valence-corrected chi connectivity index (χ4v) is 2.61. The molecule has 19 heavy (non-hydrogen) atoms. The zero-order chi connectivity index (χ0) is 13.8. The molecule has 0 spiro atoms. The summed E-state index contributed by atoms with van der Waals surface area (Å²) in [5.41, 5.74) is 0.661. The van der Waals surface area contributed by atoms with E-state index in [0.717, 1.165) is 6.07 Å². The molecular formula is C13H11BF2O2S. The standard InChI is InChI=1S/C13H11BF2O2S/c15-10-6-5-9(11(7-10)14(17)18)8-19-13-4-2-1-3-12(13)16/h1-7,17-18H,8H2. The molecule has 2 rings (SSSR count). The number of hydrogen-bond acceptors (Lipinski definition) is 3. The molecule has 0 saturated heterocycles. The molecule has 2 aromatic rings. The molecule has 6 heteroatoms. The van der Waals surface area contributed by atoms with Gasteiger partial charge >= 0.3 is 7.12 Å². The lowest BCUT2D eigenvalue weighted by Gasteiger charge is -2.09. The number of halogens is 2. The Morgan fingerprint density at radius 1 is 1.05 bits per heavy atom. The van der Waals surface area contributed by atoms with Crippen LogP contribution in [0.3, 0.4) is 0 Å². The SMILES string of the molecule is OB(O)c1cc(F)ccc1CSc1ccccc1F. The van der Waals surface area contributed by atoms with E-state index in [1.54, 1.807) is 18.2 Å². The van der Waals surface area contributed by atoms with E-state index in [-0.39, 0.29) is 11.3 Å². The van der Waals surface area contributed by atoms with E-state index in [2.05, 4.69) is 0 Å². The molecule has 2 nitrogen and oxygen atoms in total. The van der Waals surface area contributed by atoms with Gasteiger partial charge in [-0.3, -0.25) is 0 Å². The maximum atomic E-state index is 13.4. The Kier molecular flexibility index (Phi) is 4.58. The third kappa shape index (κ3) is 3.56. The predicted molar refractivity (Wildman–Crippen MR) is 72.2 cm³/mol. The van der Waals surface area contributed by atoms with Gasteiger partial charge in [0.25, 0.3) is 0 Å². The van der Waals surface area contributed by atoms with Crippen molar-refractivity contribution in [2.45, 2.75) is 10.6 Å². The highest BCUT2D eigenvalue weighted by molar-refractivity contribution is 7.98. The summed E-state index contributed by atoms with van der Waals surface area (Å²) < 4.78 is 26.5. The highest BCUT2D eigenvalue weighted by Crippen LogP contribution is 2.24. The van der Waals surface area contributed by atoms with Crippen LogP contribution in [0.2, 0.25) is 0 Å². The Morgan fingerprint density at radius 2 is 1.79 bits per heavy atom. The van der Waals surface area contributed by atoms with E-state index < -0.39 is 12.9 Å². The van der Waals surface area contributed by atoms with Gasteiger partial charge in [-0.15, -0.1) is 11.8 Å². The van der Waals surface area contributed by atoms with Gasteiger partial charge in [-0.05, 0) is 35.3 Å². The number of benzene rings is 2. The van der Waals surface area contributed by atoms with Gasteiger partial charge in [-0.1, -0.05) is 18.2 Å². The van der Waals surface area contributed by atoms with Crippen molar-refractivity contribution in [2.75, 3.05) is 0 Å². The first-order valence-corrected chi connectivity index (χ1v) is 6.58. The lowest BCUT2D eigenvalue weighted by Crippen LogP contribution is -2.33. The minimum absolute atomic E-state index is 0.101. The van der Waals surface area contributed by atoms with Crippen molar-refractivity contribution in [2.24, 2.45) is 0 Å². The fraction of sp³-hybridized carbons (Fsp3) is 0.0769. The summed E-state index contributed by atoms with van der Waals surface area (Å²) in [6.07, 6.45) is 0. The van der Waals surface area contributed by atoms with Crippen molar-refractivity contribution in [3.05, 3.63) is 59.7 Å². The molecule has 0 heterocycles. The minimum Gasteiger partial charge on any atom is -0.423 e. The first-order valence-electron chi connectivity index (χ1n) is 5.59. The maximum Gasteiger partial charge on any atom is 0.488 e. The first kappa shape index (κ1) is 14.1. The fourth-order valence-electron chi connectivity index (χ4n) is 1.65. The van der Waals surface area contributed by atoms with Gasteiger partial charge in [-0.25, -0.2) is 8.78 Å². The third-order valence-corrected chi connectivity index (χ3v) is 3.70. The number of thioether (sulfide) groups is 1. The second kappa shape index (κ2) is 6.19. The molecule has 0 aliphatic heterocycles. The Balaban J connectivity index is 2.18. The van der Waals surface area contributed by atoms with Crippen molar-refractivity contribution in [1.29, 1.82) is 0 Å². The van der Waals surface area contributed by atoms with E-state index in [1.807, 2.05) is 0 Å². The van der Waals surface area contributed by atoms with Gasteiger partial charge in [0.1, 0.15) is 11.6 Å². The van der Waals surface area contributed by atoms with E-state index in [0.29, 0.717) is 16.2 Å². The van der Waals surface area contributed by atoms with Crippen LogP contribution < -0.4 is 5.46 Å². The highest BCUT2D eigenvalue weighted by Gasteiger charge is 2.17. The Hall–Kier alpha value is -1.37. The molecule has 0 unspecified atom stereocenters. The van der Waals surface area contributed by atoms with Crippen LogP contribution in [-0.4, -0.2) is 17.2 Å². The molecule has 0 amide bonds. The number of rotatable bonds is 4. The van der Waals surface area contributed by atoms with Gasteiger partial charge in [-0.2, -0.15) is 0 Å². The molecule has 0 aromatic heterocycles. The van der Waals surface area contributed by atoms with Crippen LogP contribution >= 0.6 is 11.8 Å². The van der Waals surface area contributed by atoms with Crippen molar-refractivity contribution in [3.8, 4) is 0 Å². The second-order valence-corrected chi connectivity index (χ2v) is 4.95. The highest BCUT2D eigenvalue weighted by atomic mass is 32.2. The second-order valence-electron chi connectivity index (χ2n) is 3.94. The van der Waals surface area contributed by atoms with Crippen molar-refractivity contribution >= 4 is 24.3 Å². The van der Waals surface area contributed by atoms with Gasteiger partial charge in [0.2, 0.25) is 0 Å². The lowest BCUT2D eigenvalue weighted by molar-refractivity contribution is 0.425. The third-order valence-electron chi connectivity index (χ3n) is 2.61. The summed E-state index contributed by atoms with van der Waals surface area (Å²) in [6, 6.07) is 10.1. The summed E-state index contributed by atoms with van der Waals surface area (Å²) in [5, 5.41) is 18.4. The molecule has 2 aromatic carbocycles. The molecule has 0 aliphatic carbocycles. The molecule has 2 N–H and O–H groups in total. The molecule has 0 bridgehead atoms. The van der Waals surface area contributed by atoms with Gasteiger partial charge in [0.15, 0.2) is 0 Å². The lowest BCUT2D eigenvalue weighted by atomic mass is 9.77. The first-order chi connectivity index (χ1) is 9.08. The molecular weight excluding hydrogens is 269 g/mol. The molecule has 0 aliphatic rings. The van der Waals surface area contributed by atoms with Gasteiger partial charge in [0, 0.05) is 10.6 Å². The average molecular weight is 280 g/mol. The van der Waals surface area contributed by atoms with Crippen molar-refractivity contribution < 1.29 is 18.8 Å². The van der Waals surface area contributed by atoms with E-state index >= 15 is 0 Å². The quantitative estimate of drug-likeness (QED) is 0.664. The van der Waals surface area contributed by atoms with Crippen molar-refractivity contribution in [3.63, 3.8) is 0 Å². The summed E-state index contributed by atoms with van der Waals surface area (Å²) in [7, 11) is -1.74. The molecule has 0 fully saturated rings. The van der Waals surface area contributed by atoms with Crippen LogP contribution in [0.5, 0.6) is 0 Å². The van der Waals surface area contributed by atoms with Crippen LogP contribution in [-0.2, 0) is 5.75 Å². The Morgan fingerprint density at radius 3 is 2.47 bits per heavy atom. The monoisotopic (exact) mass is 280 g/mol. The Labute approximate surface area is 114 Å². The molecule has 98 valence electrons. The van der Waals surface area contributed by atoms with Gasteiger partial charge < -0.3 is 10.0 Å². The average Bonchev–Trinajstić information content (AvgIpc) is 2.38. The summed E-state index contributed by atoms with van der Waals surface area (Å²) in [4.78, 5) is 0.463. The van der Waals surface area contributed by atoms with Crippen LogP contribution in [0.25, 0.3) is 0 Å². The topological polar surface area (TPSA) is 40.5 Å². The normalized spacial score (nSPS) is 10.5. The molecule has 0 atom stereocenters. The Bertz CT molecular complexity index is 578. The predicted octanol–water partition coefficient (Wildman–Crippen LogP) is 1.94. The maximum absolute atomic E-state index is 13.4. The van der Waals surface area contributed by atoms with E-state index in [1.165, 1.54) is 30.0 Å². The summed E-state index contributed by atoms with van der Waals surface area (Å²) in [5.74, 6) is -0.544. The summed E-state index contributed by atoms with van der Waals surface area (Å²) in [6.45, 7) is 0. The van der Waals surface area contributed by atoms with E-state index in [4.69, 9.17) is 0 Å².